The van der Waals surface area contributed by atoms with E-state index in [2.05, 4.69) is 27.5 Å². The average Bonchev–Trinajstić information content (AvgIpc) is 2.63. The number of hydrogen-bond acceptors (Lipinski definition) is 1. The van der Waals surface area contributed by atoms with Crippen molar-refractivity contribution in [3.05, 3.63) is 30.1 Å². The largest absolute Gasteiger partial charge is 0.330 e. The molecule has 0 aliphatic heterocycles. The molecule has 0 bridgehead atoms. The van der Waals surface area contributed by atoms with E-state index in [1.807, 2.05) is 25.2 Å². The number of alkyl halides is 1. The number of benzene rings is 1. The molecule has 0 saturated carbocycles. The SMILES string of the molecule is Cn1c(CC#CCCCl)nc2ccccc21. The maximum Gasteiger partial charge on any atom is 0.121 e. The van der Waals surface area contributed by atoms with Crippen LogP contribution in [0.1, 0.15) is 12.2 Å². The molecule has 1 aromatic heterocycles. The Morgan fingerprint density at radius 3 is 2.88 bits per heavy atom. The van der Waals surface area contributed by atoms with Gasteiger partial charge in [0.15, 0.2) is 0 Å². The van der Waals surface area contributed by atoms with Crippen LogP contribution in [0.4, 0.5) is 0 Å². The molecule has 0 fully saturated rings. The summed E-state index contributed by atoms with van der Waals surface area (Å²) in [5.74, 6) is 7.70. The first-order valence-corrected chi connectivity index (χ1v) is 5.78. The third-order valence-corrected chi connectivity index (χ3v) is 2.66. The van der Waals surface area contributed by atoms with Crippen molar-refractivity contribution in [3.8, 4) is 11.8 Å². The average molecular weight is 233 g/mol. The van der Waals surface area contributed by atoms with Crippen LogP contribution in [0.25, 0.3) is 11.0 Å². The van der Waals surface area contributed by atoms with Gasteiger partial charge in [0.2, 0.25) is 0 Å². The van der Waals surface area contributed by atoms with Crippen molar-refractivity contribution in [1.29, 1.82) is 0 Å². The van der Waals surface area contributed by atoms with Crippen LogP contribution in [0.2, 0.25) is 0 Å². The molecule has 16 heavy (non-hydrogen) atoms. The quantitative estimate of drug-likeness (QED) is 0.575. The molecule has 0 atom stereocenters. The van der Waals surface area contributed by atoms with Crippen molar-refractivity contribution in [3.63, 3.8) is 0 Å². The van der Waals surface area contributed by atoms with Crippen LogP contribution in [0.15, 0.2) is 24.3 Å². The summed E-state index contributed by atoms with van der Waals surface area (Å²) in [4.78, 5) is 4.54. The highest BCUT2D eigenvalue weighted by Gasteiger charge is 2.04. The topological polar surface area (TPSA) is 17.8 Å². The van der Waals surface area contributed by atoms with E-state index >= 15 is 0 Å². The lowest BCUT2D eigenvalue weighted by Crippen LogP contribution is -1.96. The van der Waals surface area contributed by atoms with Gasteiger partial charge < -0.3 is 4.57 Å². The second-order valence-electron chi connectivity index (χ2n) is 3.55. The van der Waals surface area contributed by atoms with E-state index in [-0.39, 0.29) is 0 Å². The molecule has 0 aliphatic carbocycles. The van der Waals surface area contributed by atoms with Crippen LogP contribution < -0.4 is 0 Å². The van der Waals surface area contributed by atoms with Gasteiger partial charge in [0.05, 0.1) is 17.5 Å². The van der Waals surface area contributed by atoms with Gasteiger partial charge in [-0.1, -0.05) is 18.1 Å². The Labute approximate surface area is 100 Å². The summed E-state index contributed by atoms with van der Waals surface area (Å²) in [6.07, 6.45) is 1.42. The first-order valence-electron chi connectivity index (χ1n) is 5.25. The summed E-state index contributed by atoms with van der Waals surface area (Å²) in [5, 5.41) is 0. The van der Waals surface area contributed by atoms with E-state index < -0.39 is 0 Å². The van der Waals surface area contributed by atoms with Gasteiger partial charge in [-0.15, -0.1) is 17.5 Å². The summed E-state index contributed by atoms with van der Waals surface area (Å²) >= 11 is 5.56. The van der Waals surface area contributed by atoms with Gasteiger partial charge in [0.25, 0.3) is 0 Å². The highest BCUT2D eigenvalue weighted by Crippen LogP contribution is 2.14. The Morgan fingerprint density at radius 2 is 2.12 bits per heavy atom. The van der Waals surface area contributed by atoms with E-state index in [1.165, 1.54) is 0 Å². The van der Waals surface area contributed by atoms with Crippen molar-refractivity contribution in [2.24, 2.45) is 7.05 Å². The smallest absolute Gasteiger partial charge is 0.121 e. The van der Waals surface area contributed by atoms with Crippen molar-refractivity contribution < 1.29 is 0 Å². The summed E-state index contributed by atoms with van der Waals surface area (Å²) < 4.78 is 2.09. The zero-order valence-corrected chi connectivity index (χ0v) is 9.96. The van der Waals surface area contributed by atoms with Crippen LogP contribution in [0.5, 0.6) is 0 Å². The number of fused-ring (bicyclic) bond motifs is 1. The van der Waals surface area contributed by atoms with Crippen LogP contribution in [-0.4, -0.2) is 15.4 Å². The zero-order chi connectivity index (χ0) is 11.4. The van der Waals surface area contributed by atoms with Gasteiger partial charge in [0, 0.05) is 19.3 Å². The summed E-state index contributed by atoms with van der Waals surface area (Å²) in [6.45, 7) is 0. The first-order chi connectivity index (χ1) is 7.83. The zero-order valence-electron chi connectivity index (χ0n) is 9.20. The van der Waals surface area contributed by atoms with E-state index in [0.29, 0.717) is 12.3 Å². The molecule has 0 N–H and O–H groups in total. The fourth-order valence-electron chi connectivity index (χ4n) is 1.63. The Kier molecular flexibility index (Phi) is 3.48. The normalized spacial score (nSPS) is 10.1. The Morgan fingerprint density at radius 1 is 1.31 bits per heavy atom. The Hall–Kier alpha value is -1.46. The highest BCUT2D eigenvalue weighted by molar-refractivity contribution is 6.18. The summed E-state index contributed by atoms with van der Waals surface area (Å²) in [6, 6.07) is 8.11. The molecule has 1 aromatic carbocycles. The molecule has 2 aromatic rings. The lowest BCUT2D eigenvalue weighted by molar-refractivity contribution is 0.860. The molecule has 3 heteroatoms. The molecule has 0 radical (unpaired) electrons. The number of imidazole rings is 1. The molecule has 1 heterocycles. The summed E-state index contributed by atoms with van der Waals surface area (Å²) in [5.41, 5.74) is 2.18. The number of hydrogen-bond donors (Lipinski definition) is 0. The molecule has 0 unspecified atom stereocenters. The minimum absolute atomic E-state index is 0.593. The molecule has 2 rings (SSSR count). The van der Waals surface area contributed by atoms with Gasteiger partial charge in [-0.2, -0.15) is 0 Å². The van der Waals surface area contributed by atoms with Gasteiger partial charge in [0.1, 0.15) is 5.82 Å². The van der Waals surface area contributed by atoms with Crippen molar-refractivity contribution >= 4 is 22.6 Å². The van der Waals surface area contributed by atoms with Gasteiger partial charge in [-0.3, -0.25) is 0 Å². The second-order valence-corrected chi connectivity index (χ2v) is 3.92. The van der Waals surface area contributed by atoms with Crippen LogP contribution in [0.3, 0.4) is 0 Å². The predicted octanol–water partition coefficient (Wildman–Crippen LogP) is 2.75. The molecule has 0 spiro atoms. The van der Waals surface area contributed by atoms with Crippen molar-refractivity contribution in [2.45, 2.75) is 12.8 Å². The number of aryl methyl sites for hydroxylation is 1. The number of halogens is 1. The maximum absolute atomic E-state index is 5.56. The second kappa shape index (κ2) is 5.05. The van der Waals surface area contributed by atoms with Crippen molar-refractivity contribution in [1.82, 2.24) is 9.55 Å². The van der Waals surface area contributed by atoms with E-state index in [9.17, 15) is 0 Å². The van der Waals surface area contributed by atoms with E-state index in [4.69, 9.17) is 11.6 Å². The summed E-state index contributed by atoms with van der Waals surface area (Å²) in [7, 11) is 2.02. The molecule has 0 amide bonds. The number of rotatable bonds is 2. The van der Waals surface area contributed by atoms with Crippen LogP contribution in [0, 0.1) is 11.8 Å². The fourth-order valence-corrected chi connectivity index (χ4v) is 1.73. The number of aromatic nitrogens is 2. The van der Waals surface area contributed by atoms with Crippen LogP contribution >= 0.6 is 11.6 Å². The third kappa shape index (κ3) is 2.20. The Balaban J connectivity index is 2.26. The highest BCUT2D eigenvalue weighted by atomic mass is 35.5. The molecule has 82 valence electrons. The molecule has 0 saturated heterocycles. The first kappa shape index (κ1) is 11.0. The lowest BCUT2D eigenvalue weighted by atomic mass is 10.3. The number of nitrogens with zero attached hydrogens (tertiary/aromatic N) is 2. The molecule has 2 nitrogen and oxygen atoms in total. The molecular formula is C13H13ClN2. The molecular weight excluding hydrogens is 220 g/mol. The van der Waals surface area contributed by atoms with Crippen LogP contribution in [-0.2, 0) is 13.5 Å². The van der Waals surface area contributed by atoms with Crippen molar-refractivity contribution in [2.75, 3.05) is 5.88 Å². The van der Waals surface area contributed by atoms with Gasteiger partial charge in [-0.05, 0) is 12.1 Å². The van der Waals surface area contributed by atoms with E-state index in [1.54, 1.807) is 0 Å². The third-order valence-electron chi connectivity index (χ3n) is 2.47. The predicted molar refractivity (Wildman–Crippen MR) is 67.5 cm³/mol. The number of para-hydroxylation sites is 2. The maximum atomic E-state index is 5.56. The standard InChI is InChI=1S/C13H13ClN2/c1-16-12-8-5-4-7-11(12)15-13(16)9-3-2-6-10-14/h4-5,7-8H,6,9-10H2,1H3. The minimum Gasteiger partial charge on any atom is -0.330 e. The minimum atomic E-state index is 0.593. The Bertz CT molecular complexity index is 546. The van der Waals surface area contributed by atoms with E-state index in [0.717, 1.165) is 23.3 Å². The lowest BCUT2D eigenvalue weighted by Gasteiger charge is -1.96. The molecule has 0 aliphatic rings. The monoisotopic (exact) mass is 232 g/mol. The van der Waals surface area contributed by atoms with Gasteiger partial charge >= 0.3 is 0 Å². The fraction of sp³-hybridized carbons (Fsp3) is 0.308. The van der Waals surface area contributed by atoms with Gasteiger partial charge in [-0.25, -0.2) is 4.98 Å².